The summed E-state index contributed by atoms with van der Waals surface area (Å²) in [6.07, 6.45) is 5.80. The van der Waals surface area contributed by atoms with Gasteiger partial charge in [-0.15, -0.1) is 0 Å². The Morgan fingerprint density at radius 1 is 1.14 bits per heavy atom. The van der Waals surface area contributed by atoms with Crippen molar-refractivity contribution >= 4 is 17.4 Å². The van der Waals surface area contributed by atoms with Gasteiger partial charge in [-0.3, -0.25) is 4.79 Å². The summed E-state index contributed by atoms with van der Waals surface area (Å²) in [5.41, 5.74) is 2.17. The van der Waals surface area contributed by atoms with E-state index in [9.17, 15) is 18.7 Å². The Morgan fingerprint density at radius 2 is 1.89 bits per heavy atom. The molecule has 0 spiro atoms. The smallest absolute Gasteiger partial charge is 0.217 e. The predicted molar refractivity (Wildman–Crippen MR) is 132 cm³/mol. The summed E-state index contributed by atoms with van der Waals surface area (Å²) >= 11 is 1.35. The van der Waals surface area contributed by atoms with Gasteiger partial charge < -0.3 is 15.7 Å². The highest BCUT2D eigenvalue weighted by molar-refractivity contribution is 7.09. The second-order valence-corrected chi connectivity index (χ2v) is 9.99. The molecule has 1 amide bonds. The minimum atomic E-state index is -0.963. The van der Waals surface area contributed by atoms with Crippen molar-refractivity contribution in [2.45, 2.75) is 63.1 Å². The molecule has 1 heterocycles. The number of hydrogen-bond donors (Lipinski definition) is 3. The molecule has 1 saturated carbocycles. The van der Waals surface area contributed by atoms with Gasteiger partial charge in [-0.1, -0.05) is 37.5 Å². The molecular weight excluding hydrogens is 470 g/mol. The van der Waals surface area contributed by atoms with Crippen LogP contribution >= 0.6 is 11.5 Å². The molecule has 1 aromatic heterocycles. The average molecular weight is 501 g/mol. The summed E-state index contributed by atoms with van der Waals surface area (Å²) < 4.78 is 31.5. The molecule has 0 saturated heterocycles. The van der Waals surface area contributed by atoms with Crippen molar-refractivity contribution in [2.24, 2.45) is 0 Å². The standard InChI is InChI=1S/C26H30F2N4O2S/c1-17(33)32-23(12-18-10-21(27)14-22(28)11-18)24(34)15-30-26(8-3-2-4-9-26)20-7-5-6-19(13-20)25-29-16-31-35-25/h5-7,10-11,13-14,16,23-24,30,34H,2-4,8-9,12,15H2,1H3,(H,32,33). The molecule has 6 nitrogen and oxygen atoms in total. The van der Waals surface area contributed by atoms with Gasteiger partial charge in [-0.2, -0.15) is 4.37 Å². The second kappa shape index (κ2) is 11.3. The van der Waals surface area contributed by atoms with E-state index in [-0.39, 0.29) is 24.4 Å². The van der Waals surface area contributed by atoms with E-state index in [0.717, 1.165) is 54.3 Å². The second-order valence-electron chi connectivity index (χ2n) is 9.21. The van der Waals surface area contributed by atoms with Crippen LogP contribution in [0.15, 0.2) is 48.8 Å². The highest BCUT2D eigenvalue weighted by Gasteiger charge is 2.35. The van der Waals surface area contributed by atoms with Crippen LogP contribution in [0.25, 0.3) is 10.6 Å². The summed E-state index contributed by atoms with van der Waals surface area (Å²) in [4.78, 5) is 16.1. The average Bonchev–Trinajstić information content (AvgIpc) is 3.37. The van der Waals surface area contributed by atoms with Crippen molar-refractivity contribution in [3.05, 3.63) is 71.6 Å². The number of hydrogen-bond acceptors (Lipinski definition) is 6. The third-order valence-electron chi connectivity index (χ3n) is 6.61. The number of carbonyl (C=O) groups is 1. The van der Waals surface area contributed by atoms with Crippen molar-refractivity contribution < 1.29 is 18.7 Å². The van der Waals surface area contributed by atoms with Crippen LogP contribution in [0.4, 0.5) is 8.78 Å². The number of nitrogens with zero attached hydrogens (tertiary/aromatic N) is 2. The number of carbonyl (C=O) groups excluding carboxylic acids is 1. The van der Waals surface area contributed by atoms with Crippen molar-refractivity contribution in [2.75, 3.05) is 6.54 Å². The number of benzene rings is 2. The van der Waals surface area contributed by atoms with E-state index >= 15 is 0 Å². The van der Waals surface area contributed by atoms with Gasteiger partial charge in [0.25, 0.3) is 0 Å². The first-order chi connectivity index (χ1) is 16.8. The monoisotopic (exact) mass is 500 g/mol. The Morgan fingerprint density at radius 3 is 2.54 bits per heavy atom. The number of aliphatic hydroxyl groups excluding tert-OH is 1. The van der Waals surface area contributed by atoms with Gasteiger partial charge in [0.05, 0.1) is 12.1 Å². The molecule has 9 heteroatoms. The number of aromatic nitrogens is 2. The first-order valence-corrected chi connectivity index (χ1v) is 12.6. The summed E-state index contributed by atoms with van der Waals surface area (Å²) in [5, 5.41) is 18.3. The van der Waals surface area contributed by atoms with Crippen LogP contribution in [-0.4, -0.2) is 39.1 Å². The Hall–Kier alpha value is -2.75. The highest BCUT2D eigenvalue weighted by Crippen LogP contribution is 2.38. The first-order valence-electron chi connectivity index (χ1n) is 11.9. The highest BCUT2D eigenvalue weighted by atomic mass is 32.1. The number of amides is 1. The van der Waals surface area contributed by atoms with Crippen molar-refractivity contribution in [1.29, 1.82) is 0 Å². The molecular formula is C26H30F2N4O2S. The summed E-state index contributed by atoms with van der Waals surface area (Å²) in [7, 11) is 0. The van der Waals surface area contributed by atoms with Gasteiger partial charge in [0.2, 0.25) is 5.91 Å². The SMILES string of the molecule is CC(=O)NC(Cc1cc(F)cc(F)c1)C(O)CNC1(c2cccc(-c3ncns3)c2)CCCCC1. The van der Waals surface area contributed by atoms with Gasteiger partial charge in [-0.05, 0) is 60.1 Å². The van der Waals surface area contributed by atoms with E-state index in [1.165, 1.54) is 30.6 Å². The fourth-order valence-corrected chi connectivity index (χ4v) is 5.46. The van der Waals surface area contributed by atoms with Crippen LogP contribution < -0.4 is 10.6 Å². The molecule has 3 aromatic rings. The lowest BCUT2D eigenvalue weighted by Crippen LogP contribution is -2.53. The molecule has 0 bridgehead atoms. The van der Waals surface area contributed by atoms with Crippen LogP contribution in [0.5, 0.6) is 0 Å². The van der Waals surface area contributed by atoms with E-state index in [4.69, 9.17) is 0 Å². The van der Waals surface area contributed by atoms with E-state index < -0.39 is 23.8 Å². The summed E-state index contributed by atoms with van der Waals surface area (Å²) in [6, 6.07) is 10.8. The molecule has 2 unspecified atom stereocenters. The van der Waals surface area contributed by atoms with Crippen LogP contribution in [0.3, 0.4) is 0 Å². The van der Waals surface area contributed by atoms with E-state index in [1.54, 1.807) is 6.33 Å². The molecule has 2 atom stereocenters. The topological polar surface area (TPSA) is 87.1 Å². The van der Waals surface area contributed by atoms with Gasteiger partial charge >= 0.3 is 0 Å². The summed E-state index contributed by atoms with van der Waals surface area (Å²) in [6.45, 7) is 1.58. The minimum Gasteiger partial charge on any atom is -0.390 e. The third kappa shape index (κ3) is 6.48. The first kappa shape index (κ1) is 25.3. The third-order valence-corrected chi connectivity index (χ3v) is 7.32. The normalized spacial score (nSPS) is 17.0. The number of nitrogens with one attached hydrogen (secondary N) is 2. The van der Waals surface area contributed by atoms with Crippen molar-refractivity contribution in [3.63, 3.8) is 0 Å². The van der Waals surface area contributed by atoms with Gasteiger partial charge in [0.1, 0.15) is 23.0 Å². The predicted octanol–water partition coefficient (Wildman–Crippen LogP) is 4.34. The Balaban J connectivity index is 1.53. The Bertz CT molecular complexity index is 1120. The van der Waals surface area contributed by atoms with Gasteiger partial charge in [0.15, 0.2) is 0 Å². The van der Waals surface area contributed by atoms with Crippen molar-refractivity contribution in [3.8, 4) is 10.6 Å². The molecule has 0 radical (unpaired) electrons. The molecule has 3 N–H and O–H groups in total. The molecule has 2 aromatic carbocycles. The van der Waals surface area contributed by atoms with E-state index in [0.29, 0.717) is 5.56 Å². The van der Waals surface area contributed by atoms with Gasteiger partial charge in [0, 0.05) is 30.6 Å². The molecule has 1 aliphatic carbocycles. The van der Waals surface area contributed by atoms with Crippen LogP contribution in [0.1, 0.15) is 50.2 Å². The lowest BCUT2D eigenvalue weighted by atomic mass is 9.76. The zero-order valence-electron chi connectivity index (χ0n) is 19.6. The molecule has 1 fully saturated rings. The van der Waals surface area contributed by atoms with E-state index in [1.807, 2.05) is 12.1 Å². The lowest BCUT2D eigenvalue weighted by molar-refractivity contribution is -0.120. The van der Waals surface area contributed by atoms with E-state index in [2.05, 4.69) is 32.1 Å². The number of aliphatic hydroxyl groups is 1. The van der Waals surface area contributed by atoms with Crippen LogP contribution in [-0.2, 0) is 16.8 Å². The number of halogens is 2. The maximum Gasteiger partial charge on any atom is 0.217 e. The van der Waals surface area contributed by atoms with Gasteiger partial charge in [-0.25, -0.2) is 13.8 Å². The molecule has 186 valence electrons. The zero-order chi connectivity index (χ0) is 24.8. The molecule has 35 heavy (non-hydrogen) atoms. The van der Waals surface area contributed by atoms with Crippen molar-refractivity contribution in [1.82, 2.24) is 20.0 Å². The zero-order valence-corrected chi connectivity index (χ0v) is 20.5. The maximum atomic E-state index is 13.7. The fraction of sp³-hybridized carbons (Fsp3) is 0.423. The Labute approximate surface area is 208 Å². The minimum absolute atomic E-state index is 0.108. The maximum absolute atomic E-state index is 13.7. The largest absolute Gasteiger partial charge is 0.390 e. The molecule has 0 aliphatic heterocycles. The van der Waals surface area contributed by atoms with Crippen LogP contribution in [0.2, 0.25) is 0 Å². The van der Waals surface area contributed by atoms with Crippen LogP contribution in [0, 0.1) is 11.6 Å². The Kier molecular flexibility index (Phi) is 8.20. The quantitative estimate of drug-likeness (QED) is 0.407. The lowest BCUT2D eigenvalue weighted by Gasteiger charge is -2.40. The molecule has 4 rings (SSSR count). The fourth-order valence-electron chi connectivity index (χ4n) is 4.94. The summed E-state index contributed by atoms with van der Waals surface area (Å²) in [5.74, 6) is -1.70. The number of rotatable bonds is 9. The molecule has 1 aliphatic rings.